The molecule has 110 valence electrons. The molecule has 0 unspecified atom stereocenters. The third kappa shape index (κ3) is 8.68. The molecule has 0 aliphatic carbocycles. The lowest BCUT2D eigenvalue weighted by molar-refractivity contribution is -0.124. The highest BCUT2D eigenvalue weighted by atomic mass is 16.2. The molecule has 0 radical (unpaired) electrons. The van der Waals surface area contributed by atoms with Crippen molar-refractivity contribution in [3.63, 3.8) is 0 Å². The first-order chi connectivity index (χ1) is 9.30. The van der Waals surface area contributed by atoms with Crippen molar-refractivity contribution < 1.29 is 4.79 Å². The summed E-state index contributed by atoms with van der Waals surface area (Å²) < 4.78 is 0. The molecule has 1 aliphatic heterocycles. The molecule has 0 bridgehead atoms. The lowest BCUT2D eigenvalue weighted by Gasteiger charge is -2.14. The van der Waals surface area contributed by atoms with Gasteiger partial charge in [-0.25, -0.2) is 0 Å². The normalized spacial score (nSPS) is 23.4. The van der Waals surface area contributed by atoms with Gasteiger partial charge in [0, 0.05) is 32.4 Å². The lowest BCUT2D eigenvalue weighted by atomic mass is 10.1. The third-order valence-corrected chi connectivity index (χ3v) is 3.78. The summed E-state index contributed by atoms with van der Waals surface area (Å²) in [6.07, 6.45) is 16.5. The topological polar surface area (TPSA) is 32.3 Å². The maximum Gasteiger partial charge on any atom is 0.247 e. The van der Waals surface area contributed by atoms with E-state index in [0.29, 0.717) is 0 Å². The highest BCUT2D eigenvalue weighted by molar-refractivity contribution is 5.87. The summed E-state index contributed by atoms with van der Waals surface area (Å²) >= 11 is 0. The molecule has 0 saturated heterocycles. The Morgan fingerprint density at radius 2 is 1.42 bits per heavy atom. The van der Waals surface area contributed by atoms with E-state index in [9.17, 15) is 4.79 Å². The molecule has 0 fully saturated rings. The average molecular weight is 266 g/mol. The SMILES string of the molecule is CN1CCCCCCCCCCCCN/C=C\C1=O. The number of hydrogen-bond acceptors (Lipinski definition) is 2. The molecule has 1 amide bonds. The Balaban J connectivity index is 2.29. The van der Waals surface area contributed by atoms with Gasteiger partial charge in [0.05, 0.1) is 0 Å². The Morgan fingerprint density at radius 1 is 0.895 bits per heavy atom. The van der Waals surface area contributed by atoms with Crippen LogP contribution in [0.4, 0.5) is 0 Å². The summed E-state index contributed by atoms with van der Waals surface area (Å²) in [7, 11) is 1.89. The molecule has 0 aromatic carbocycles. The van der Waals surface area contributed by atoms with Gasteiger partial charge in [-0.05, 0) is 12.8 Å². The zero-order chi connectivity index (χ0) is 13.8. The number of amides is 1. The van der Waals surface area contributed by atoms with Crippen LogP contribution in [-0.2, 0) is 4.79 Å². The first kappa shape index (κ1) is 16.1. The predicted molar refractivity (Wildman–Crippen MR) is 80.9 cm³/mol. The first-order valence-corrected chi connectivity index (χ1v) is 7.96. The fourth-order valence-electron chi connectivity index (χ4n) is 2.44. The molecule has 0 atom stereocenters. The fraction of sp³-hybridized carbons (Fsp3) is 0.812. The third-order valence-electron chi connectivity index (χ3n) is 3.78. The quantitative estimate of drug-likeness (QED) is 0.728. The lowest BCUT2D eigenvalue weighted by Crippen LogP contribution is -2.26. The second-order valence-corrected chi connectivity index (χ2v) is 5.58. The van der Waals surface area contributed by atoms with Gasteiger partial charge < -0.3 is 10.2 Å². The number of likely N-dealkylation sites (N-methyl/N-ethyl adjacent to an activating group) is 1. The maximum atomic E-state index is 11.8. The summed E-state index contributed by atoms with van der Waals surface area (Å²) in [4.78, 5) is 13.6. The van der Waals surface area contributed by atoms with Crippen LogP contribution in [0, 0.1) is 0 Å². The Labute approximate surface area is 118 Å². The van der Waals surface area contributed by atoms with Gasteiger partial charge in [0.15, 0.2) is 0 Å². The molecule has 19 heavy (non-hydrogen) atoms. The second-order valence-electron chi connectivity index (χ2n) is 5.58. The molecule has 1 N–H and O–H groups in total. The molecule has 1 aliphatic rings. The maximum absolute atomic E-state index is 11.8. The number of nitrogens with zero attached hydrogens (tertiary/aromatic N) is 1. The molecule has 0 aromatic heterocycles. The Bertz CT molecular complexity index is 263. The smallest absolute Gasteiger partial charge is 0.247 e. The molecule has 3 nitrogen and oxygen atoms in total. The van der Waals surface area contributed by atoms with E-state index >= 15 is 0 Å². The average Bonchev–Trinajstić information content (AvgIpc) is 2.41. The number of rotatable bonds is 0. The van der Waals surface area contributed by atoms with E-state index in [1.54, 1.807) is 12.3 Å². The number of nitrogens with one attached hydrogen (secondary N) is 1. The summed E-state index contributed by atoms with van der Waals surface area (Å²) in [6, 6.07) is 0. The van der Waals surface area contributed by atoms with Crippen LogP contribution in [0.5, 0.6) is 0 Å². The molecular formula is C16H30N2O. The number of carbonyl (C=O) groups excluding carboxylic acids is 1. The van der Waals surface area contributed by atoms with Gasteiger partial charge in [-0.15, -0.1) is 0 Å². The highest BCUT2D eigenvalue weighted by Gasteiger charge is 2.03. The molecule has 0 saturated carbocycles. The Hall–Kier alpha value is -0.990. The van der Waals surface area contributed by atoms with Crippen LogP contribution in [0.3, 0.4) is 0 Å². The van der Waals surface area contributed by atoms with Crippen molar-refractivity contribution in [3.05, 3.63) is 12.3 Å². The van der Waals surface area contributed by atoms with Crippen LogP contribution in [0.2, 0.25) is 0 Å². The van der Waals surface area contributed by atoms with Crippen molar-refractivity contribution in [3.8, 4) is 0 Å². The van der Waals surface area contributed by atoms with Gasteiger partial charge in [-0.1, -0.05) is 51.4 Å². The minimum absolute atomic E-state index is 0.108. The van der Waals surface area contributed by atoms with Crippen LogP contribution in [0.25, 0.3) is 0 Å². The van der Waals surface area contributed by atoms with Crippen molar-refractivity contribution in [1.29, 1.82) is 0 Å². The van der Waals surface area contributed by atoms with E-state index in [-0.39, 0.29) is 5.91 Å². The minimum atomic E-state index is 0.108. The van der Waals surface area contributed by atoms with Crippen LogP contribution < -0.4 is 5.32 Å². The van der Waals surface area contributed by atoms with Gasteiger partial charge in [0.25, 0.3) is 0 Å². The number of carbonyl (C=O) groups is 1. The van der Waals surface area contributed by atoms with Gasteiger partial charge >= 0.3 is 0 Å². The van der Waals surface area contributed by atoms with Gasteiger partial charge in [-0.2, -0.15) is 0 Å². The molecule has 1 heterocycles. The van der Waals surface area contributed by atoms with E-state index in [1.165, 1.54) is 57.8 Å². The fourth-order valence-corrected chi connectivity index (χ4v) is 2.44. The summed E-state index contributed by atoms with van der Waals surface area (Å²) in [5.74, 6) is 0.108. The summed E-state index contributed by atoms with van der Waals surface area (Å²) in [5, 5.41) is 3.20. The summed E-state index contributed by atoms with van der Waals surface area (Å²) in [6.45, 7) is 1.86. The minimum Gasteiger partial charge on any atom is -0.391 e. The molecule has 0 aromatic rings. The molecule has 1 rings (SSSR count). The van der Waals surface area contributed by atoms with Crippen molar-refractivity contribution in [1.82, 2.24) is 10.2 Å². The Morgan fingerprint density at radius 3 is 2.05 bits per heavy atom. The van der Waals surface area contributed by atoms with Crippen LogP contribution >= 0.6 is 0 Å². The van der Waals surface area contributed by atoms with Gasteiger partial charge in [0.2, 0.25) is 5.91 Å². The first-order valence-electron chi connectivity index (χ1n) is 7.96. The predicted octanol–water partition coefficient (Wildman–Crippen LogP) is 3.46. The van der Waals surface area contributed by atoms with Crippen LogP contribution in [-0.4, -0.2) is 30.9 Å². The van der Waals surface area contributed by atoms with Crippen molar-refractivity contribution in [2.75, 3.05) is 20.1 Å². The second kappa shape index (κ2) is 10.9. The summed E-state index contributed by atoms with van der Waals surface area (Å²) in [5.41, 5.74) is 0. The van der Waals surface area contributed by atoms with Crippen molar-refractivity contribution >= 4 is 5.91 Å². The van der Waals surface area contributed by atoms with E-state index < -0.39 is 0 Å². The van der Waals surface area contributed by atoms with Crippen molar-refractivity contribution in [2.45, 2.75) is 64.2 Å². The monoisotopic (exact) mass is 266 g/mol. The zero-order valence-electron chi connectivity index (χ0n) is 12.5. The zero-order valence-corrected chi connectivity index (χ0v) is 12.5. The molecule has 3 heteroatoms. The Kier molecular flexibility index (Phi) is 9.21. The molecule has 0 spiro atoms. The van der Waals surface area contributed by atoms with Crippen LogP contribution in [0.1, 0.15) is 64.2 Å². The van der Waals surface area contributed by atoms with E-state index in [0.717, 1.165) is 19.5 Å². The van der Waals surface area contributed by atoms with Gasteiger partial charge in [0.1, 0.15) is 0 Å². The largest absolute Gasteiger partial charge is 0.391 e. The van der Waals surface area contributed by atoms with E-state index in [4.69, 9.17) is 0 Å². The van der Waals surface area contributed by atoms with Crippen LogP contribution in [0.15, 0.2) is 12.3 Å². The molecular weight excluding hydrogens is 236 g/mol. The highest BCUT2D eigenvalue weighted by Crippen LogP contribution is 2.10. The number of hydrogen-bond donors (Lipinski definition) is 1. The standard InChI is InChI=1S/C16H30N2O/c1-18-15-11-9-7-5-3-2-4-6-8-10-13-17-14-12-16(18)19/h12,14,17H,2-11,13,15H2,1H3/b14-12-. The van der Waals surface area contributed by atoms with E-state index in [1.807, 2.05) is 11.9 Å². The van der Waals surface area contributed by atoms with E-state index in [2.05, 4.69) is 5.32 Å². The van der Waals surface area contributed by atoms with Crippen molar-refractivity contribution in [2.24, 2.45) is 0 Å². The van der Waals surface area contributed by atoms with Gasteiger partial charge in [-0.3, -0.25) is 4.79 Å².